The Hall–Kier alpha value is -3.03. The highest BCUT2D eigenvalue weighted by molar-refractivity contribution is 9.10. The number of hydrogen-bond acceptors (Lipinski definition) is 3. The largest absolute Gasteiger partial charge is 0.478 e. The molecule has 1 saturated carbocycles. The van der Waals surface area contributed by atoms with E-state index in [1.165, 1.54) is 11.1 Å². The zero-order chi connectivity index (χ0) is 24.5. The summed E-state index contributed by atoms with van der Waals surface area (Å²) in [5.74, 6) is -1.50. The van der Waals surface area contributed by atoms with Crippen molar-refractivity contribution in [3.8, 4) is 0 Å². The molecular formula is C28H22Br2N2O3. The lowest BCUT2D eigenvalue weighted by atomic mass is 9.77. The fourth-order valence-electron chi connectivity index (χ4n) is 4.90. The van der Waals surface area contributed by atoms with Gasteiger partial charge in [-0.1, -0.05) is 68.3 Å². The molecule has 5 nitrogen and oxygen atoms in total. The summed E-state index contributed by atoms with van der Waals surface area (Å²) in [6.45, 7) is 0. The van der Waals surface area contributed by atoms with Crippen LogP contribution in [0.3, 0.4) is 0 Å². The van der Waals surface area contributed by atoms with E-state index in [2.05, 4.69) is 50.1 Å². The van der Waals surface area contributed by atoms with Crippen LogP contribution in [-0.2, 0) is 0 Å². The normalized spacial score (nSPS) is 20.5. The van der Waals surface area contributed by atoms with Gasteiger partial charge in [-0.15, -0.1) is 0 Å². The summed E-state index contributed by atoms with van der Waals surface area (Å²) in [6.07, 6.45) is 4.93. The highest BCUT2D eigenvalue weighted by Crippen LogP contribution is 2.45. The minimum atomic E-state index is -1.13. The second-order valence-electron chi connectivity index (χ2n) is 8.70. The lowest BCUT2D eigenvalue weighted by Gasteiger charge is -2.30. The zero-order valence-electron chi connectivity index (χ0n) is 18.7. The molecule has 1 aliphatic heterocycles. The summed E-state index contributed by atoms with van der Waals surface area (Å²) in [5.41, 5.74) is 4.20. The SMILES string of the molecule is O=C(O)c1ccccc1C(=O)N1N=C2/C(=C\c3ccc(Br)cc3)CCC[C@@H]2[C@@H]1c1ccc(Br)cc1. The average molecular weight is 594 g/mol. The maximum atomic E-state index is 13.8. The van der Waals surface area contributed by atoms with E-state index >= 15 is 0 Å². The van der Waals surface area contributed by atoms with Gasteiger partial charge in [0.1, 0.15) is 0 Å². The zero-order valence-corrected chi connectivity index (χ0v) is 21.9. The van der Waals surface area contributed by atoms with Crippen LogP contribution in [0.2, 0.25) is 0 Å². The number of aromatic carboxylic acids is 1. The molecule has 0 bridgehead atoms. The fourth-order valence-corrected chi connectivity index (χ4v) is 5.43. The van der Waals surface area contributed by atoms with E-state index in [-0.39, 0.29) is 23.1 Å². The number of amides is 1. The van der Waals surface area contributed by atoms with Crippen molar-refractivity contribution in [1.29, 1.82) is 0 Å². The lowest BCUT2D eigenvalue weighted by Crippen LogP contribution is -2.32. The summed E-state index contributed by atoms with van der Waals surface area (Å²) < 4.78 is 1.97. The second kappa shape index (κ2) is 9.91. The minimum absolute atomic E-state index is 0.0206. The molecule has 176 valence electrons. The van der Waals surface area contributed by atoms with Gasteiger partial charge in [-0.05, 0) is 78.4 Å². The van der Waals surface area contributed by atoms with Crippen LogP contribution in [0, 0.1) is 5.92 Å². The monoisotopic (exact) mass is 592 g/mol. The molecule has 2 aliphatic rings. The maximum absolute atomic E-state index is 13.8. The molecule has 7 heteroatoms. The first-order chi connectivity index (χ1) is 16.9. The van der Waals surface area contributed by atoms with Gasteiger partial charge in [0.2, 0.25) is 0 Å². The number of hydrazone groups is 1. The molecule has 3 aromatic carbocycles. The van der Waals surface area contributed by atoms with E-state index in [0.717, 1.165) is 50.6 Å². The third kappa shape index (κ3) is 4.75. The van der Waals surface area contributed by atoms with Gasteiger partial charge >= 0.3 is 5.97 Å². The van der Waals surface area contributed by atoms with Crippen LogP contribution in [-0.4, -0.2) is 27.7 Å². The van der Waals surface area contributed by atoms with Gasteiger partial charge in [-0.25, -0.2) is 9.80 Å². The number of fused-ring (bicyclic) bond motifs is 1. The van der Waals surface area contributed by atoms with Gasteiger partial charge < -0.3 is 5.11 Å². The first kappa shape index (κ1) is 23.7. The fraction of sp³-hybridized carbons (Fsp3) is 0.179. The smallest absolute Gasteiger partial charge is 0.336 e. The molecule has 1 heterocycles. The Labute approximate surface area is 220 Å². The van der Waals surface area contributed by atoms with Crippen LogP contribution >= 0.6 is 31.9 Å². The highest BCUT2D eigenvalue weighted by Gasteiger charge is 2.44. The molecule has 0 aromatic heterocycles. The first-order valence-electron chi connectivity index (χ1n) is 11.4. The molecule has 2 atom stereocenters. The van der Waals surface area contributed by atoms with Crippen LogP contribution in [0.15, 0.2) is 92.4 Å². The Morgan fingerprint density at radius 2 is 1.54 bits per heavy atom. The van der Waals surface area contributed by atoms with Crippen molar-refractivity contribution < 1.29 is 14.7 Å². The Morgan fingerprint density at radius 1 is 0.914 bits per heavy atom. The summed E-state index contributed by atoms with van der Waals surface area (Å²) in [7, 11) is 0. The lowest BCUT2D eigenvalue weighted by molar-refractivity contribution is 0.0646. The summed E-state index contributed by atoms with van der Waals surface area (Å²) in [6, 6.07) is 22.1. The second-order valence-corrected chi connectivity index (χ2v) is 10.5. The predicted octanol–water partition coefficient (Wildman–Crippen LogP) is 7.35. The molecule has 0 unspecified atom stereocenters. The van der Waals surface area contributed by atoms with Gasteiger partial charge in [0.25, 0.3) is 5.91 Å². The van der Waals surface area contributed by atoms with Crippen molar-refractivity contribution >= 4 is 55.5 Å². The quantitative estimate of drug-likeness (QED) is 0.344. The number of nitrogens with zero attached hydrogens (tertiary/aromatic N) is 2. The van der Waals surface area contributed by atoms with Gasteiger partial charge in [0.05, 0.1) is 22.9 Å². The summed E-state index contributed by atoms with van der Waals surface area (Å²) >= 11 is 6.98. The third-order valence-electron chi connectivity index (χ3n) is 6.52. The Bertz CT molecular complexity index is 1350. The molecule has 1 amide bonds. The number of carboxylic acids is 1. The summed E-state index contributed by atoms with van der Waals surface area (Å²) in [4.78, 5) is 25.6. The molecule has 0 radical (unpaired) electrons. The number of benzene rings is 3. The van der Waals surface area contributed by atoms with Crippen LogP contribution in [0.25, 0.3) is 6.08 Å². The number of halogens is 2. The van der Waals surface area contributed by atoms with Gasteiger partial charge in [0, 0.05) is 14.9 Å². The van der Waals surface area contributed by atoms with Crippen molar-refractivity contribution in [2.24, 2.45) is 11.0 Å². The number of rotatable bonds is 4. The van der Waals surface area contributed by atoms with Crippen LogP contribution in [0.1, 0.15) is 57.1 Å². The van der Waals surface area contributed by atoms with Crippen molar-refractivity contribution in [2.45, 2.75) is 25.3 Å². The molecule has 5 rings (SSSR count). The van der Waals surface area contributed by atoms with Crippen molar-refractivity contribution in [3.05, 3.63) is 110 Å². The molecule has 0 spiro atoms. The van der Waals surface area contributed by atoms with E-state index in [1.54, 1.807) is 18.2 Å². The van der Waals surface area contributed by atoms with Crippen LogP contribution < -0.4 is 0 Å². The predicted molar refractivity (Wildman–Crippen MR) is 143 cm³/mol. The Kier molecular flexibility index (Phi) is 6.71. The third-order valence-corrected chi connectivity index (χ3v) is 7.58. The number of hydrogen-bond donors (Lipinski definition) is 1. The molecule has 1 fully saturated rings. The number of allylic oxidation sites excluding steroid dienone is 1. The van der Waals surface area contributed by atoms with E-state index in [4.69, 9.17) is 5.10 Å². The Morgan fingerprint density at radius 3 is 2.20 bits per heavy atom. The van der Waals surface area contributed by atoms with Crippen LogP contribution in [0.5, 0.6) is 0 Å². The van der Waals surface area contributed by atoms with Crippen molar-refractivity contribution in [1.82, 2.24) is 5.01 Å². The molecular weight excluding hydrogens is 572 g/mol. The number of carbonyl (C=O) groups is 2. The number of carbonyl (C=O) groups excluding carboxylic acids is 1. The standard InChI is InChI=1S/C28H22Br2N2O3/c29-20-12-8-17(9-13-20)16-19-4-3-7-24-25(19)31-32(26(24)18-10-14-21(30)15-11-18)27(33)22-5-1-2-6-23(22)28(34)35/h1-2,5-6,8-16,24,26H,3-4,7H2,(H,34,35)/b19-16-/t24-,26-/m0/s1. The maximum Gasteiger partial charge on any atom is 0.336 e. The van der Waals surface area contributed by atoms with Crippen molar-refractivity contribution in [3.63, 3.8) is 0 Å². The molecule has 1 N–H and O–H groups in total. The molecule has 3 aromatic rings. The van der Waals surface area contributed by atoms with Gasteiger partial charge in [-0.3, -0.25) is 4.79 Å². The van der Waals surface area contributed by atoms with E-state index in [1.807, 2.05) is 36.4 Å². The molecule has 35 heavy (non-hydrogen) atoms. The van der Waals surface area contributed by atoms with E-state index in [0.29, 0.717) is 0 Å². The first-order valence-corrected chi connectivity index (χ1v) is 13.0. The topological polar surface area (TPSA) is 70.0 Å². The van der Waals surface area contributed by atoms with Crippen LogP contribution in [0.4, 0.5) is 0 Å². The average Bonchev–Trinajstić information content (AvgIpc) is 3.26. The minimum Gasteiger partial charge on any atom is -0.478 e. The highest BCUT2D eigenvalue weighted by atomic mass is 79.9. The van der Waals surface area contributed by atoms with E-state index < -0.39 is 11.9 Å². The Balaban J connectivity index is 1.60. The number of carboxylic acid groups (broad SMARTS) is 1. The van der Waals surface area contributed by atoms with Crippen molar-refractivity contribution in [2.75, 3.05) is 0 Å². The molecule has 1 aliphatic carbocycles. The van der Waals surface area contributed by atoms with Gasteiger partial charge in [0.15, 0.2) is 0 Å². The van der Waals surface area contributed by atoms with E-state index in [9.17, 15) is 14.7 Å². The summed E-state index contributed by atoms with van der Waals surface area (Å²) in [5, 5.41) is 16.1. The molecule has 0 saturated heterocycles. The van der Waals surface area contributed by atoms with Gasteiger partial charge in [-0.2, -0.15) is 5.10 Å².